The van der Waals surface area contributed by atoms with Crippen molar-refractivity contribution in [1.29, 1.82) is 0 Å². The molecule has 0 saturated carbocycles. The Kier molecular flexibility index (Phi) is 3.49. The highest BCUT2D eigenvalue weighted by molar-refractivity contribution is 7.10. The zero-order chi connectivity index (χ0) is 13.3. The summed E-state index contributed by atoms with van der Waals surface area (Å²) < 4.78 is 39.2. The summed E-state index contributed by atoms with van der Waals surface area (Å²) in [6.07, 6.45) is 0. The lowest BCUT2D eigenvalue weighted by molar-refractivity contribution is 0.0957. The van der Waals surface area contributed by atoms with E-state index in [1.165, 1.54) is 11.3 Å². The van der Waals surface area contributed by atoms with Crippen LogP contribution in [0.1, 0.15) is 21.3 Å². The fourth-order valence-corrected chi connectivity index (χ4v) is 2.21. The molecule has 1 aromatic heterocycles. The van der Waals surface area contributed by atoms with Crippen LogP contribution in [0.3, 0.4) is 0 Å². The van der Waals surface area contributed by atoms with Crippen LogP contribution in [0, 0.1) is 17.5 Å². The third-order valence-electron chi connectivity index (χ3n) is 2.43. The molecule has 2 N–H and O–H groups in total. The van der Waals surface area contributed by atoms with Gasteiger partial charge >= 0.3 is 0 Å². The first-order chi connectivity index (χ1) is 8.52. The lowest BCUT2D eigenvalue weighted by atomic mass is 10.0. The summed E-state index contributed by atoms with van der Waals surface area (Å²) >= 11 is 1.23. The third kappa shape index (κ3) is 2.16. The second kappa shape index (κ2) is 4.91. The molecule has 0 spiro atoms. The third-order valence-corrected chi connectivity index (χ3v) is 3.39. The van der Waals surface area contributed by atoms with Crippen LogP contribution in [0.2, 0.25) is 0 Å². The molecule has 0 fully saturated rings. The summed E-state index contributed by atoms with van der Waals surface area (Å²) in [5, 5.41) is 1.71. The number of ketones is 1. The summed E-state index contributed by atoms with van der Waals surface area (Å²) in [7, 11) is 0. The van der Waals surface area contributed by atoms with Crippen LogP contribution >= 0.6 is 11.3 Å². The van der Waals surface area contributed by atoms with Crippen LogP contribution in [0.4, 0.5) is 13.2 Å². The fraction of sp³-hybridized carbons (Fsp3) is 0.0833. The van der Waals surface area contributed by atoms with Crippen molar-refractivity contribution in [3.05, 3.63) is 57.5 Å². The van der Waals surface area contributed by atoms with Gasteiger partial charge in [-0.1, -0.05) is 6.07 Å². The Morgan fingerprint density at radius 2 is 1.89 bits per heavy atom. The number of carbonyl (C=O) groups excluding carboxylic acids is 1. The number of nitrogens with two attached hydrogens (primary N) is 1. The Balaban J connectivity index is 2.38. The van der Waals surface area contributed by atoms with Gasteiger partial charge in [0.25, 0.3) is 0 Å². The highest BCUT2D eigenvalue weighted by atomic mass is 32.1. The van der Waals surface area contributed by atoms with Crippen molar-refractivity contribution in [3.63, 3.8) is 0 Å². The van der Waals surface area contributed by atoms with E-state index in [-0.39, 0.29) is 0 Å². The fourth-order valence-electron chi connectivity index (χ4n) is 1.48. The lowest BCUT2D eigenvalue weighted by Gasteiger charge is -2.09. The quantitative estimate of drug-likeness (QED) is 0.688. The van der Waals surface area contributed by atoms with Crippen LogP contribution in [0.25, 0.3) is 0 Å². The number of Topliss-reactive ketones (excluding diaryl/α,β-unsaturated/α-hetero) is 1. The lowest BCUT2D eigenvalue weighted by Crippen LogP contribution is -2.22. The van der Waals surface area contributed by atoms with Gasteiger partial charge in [-0.15, -0.1) is 11.3 Å². The number of benzene rings is 1. The predicted octanol–water partition coefficient (Wildman–Crippen LogP) is 3.05. The number of hydrogen-bond donors (Lipinski definition) is 1. The molecule has 94 valence electrons. The van der Waals surface area contributed by atoms with E-state index in [0.29, 0.717) is 10.9 Å². The summed E-state index contributed by atoms with van der Waals surface area (Å²) in [6, 6.07) is 3.82. The summed E-state index contributed by atoms with van der Waals surface area (Å²) in [5.41, 5.74) is 5.10. The van der Waals surface area contributed by atoms with Gasteiger partial charge in [-0.2, -0.15) is 0 Å². The topological polar surface area (TPSA) is 43.1 Å². The molecule has 0 aliphatic carbocycles. The Morgan fingerprint density at radius 3 is 2.50 bits per heavy atom. The first kappa shape index (κ1) is 12.8. The second-order valence-electron chi connectivity index (χ2n) is 3.58. The van der Waals surface area contributed by atoms with Crippen molar-refractivity contribution in [3.8, 4) is 0 Å². The van der Waals surface area contributed by atoms with Gasteiger partial charge in [0.2, 0.25) is 0 Å². The molecule has 0 aliphatic rings. The van der Waals surface area contributed by atoms with Crippen molar-refractivity contribution >= 4 is 17.1 Å². The molecule has 18 heavy (non-hydrogen) atoms. The molecule has 1 unspecified atom stereocenters. The average Bonchev–Trinajstić information content (AvgIpc) is 2.88. The van der Waals surface area contributed by atoms with Crippen LogP contribution in [-0.2, 0) is 0 Å². The van der Waals surface area contributed by atoms with Crippen LogP contribution in [-0.4, -0.2) is 5.78 Å². The van der Waals surface area contributed by atoms with Crippen LogP contribution < -0.4 is 5.73 Å². The molecule has 0 saturated heterocycles. The molecule has 0 bridgehead atoms. The standard InChI is InChI=1S/C12H8F3NOS/c13-7-4-3-6(9(14)10(7)15)12(17)11(16)8-2-1-5-18-8/h1-5,11H,16H2. The van der Waals surface area contributed by atoms with Gasteiger partial charge in [0, 0.05) is 4.88 Å². The molecule has 0 amide bonds. The molecule has 2 aromatic rings. The van der Waals surface area contributed by atoms with Gasteiger partial charge in [0.1, 0.15) is 6.04 Å². The van der Waals surface area contributed by atoms with Gasteiger partial charge < -0.3 is 5.73 Å². The number of thiophene rings is 1. The average molecular weight is 271 g/mol. The van der Waals surface area contributed by atoms with E-state index in [1.54, 1.807) is 17.5 Å². The van der Waals surface area contributed by atoms with Gasteiger partial charge in [-0.3, -0.25) is 4.79 Å². The van der Waals surface area contributed by atoms with E-state index in [0.717, 1.165) is 6.07 Å². The Morgan fingerprint density at radius 1 is 1.17 bits per heavy atom. The smallest absolute Gasteiger partial charge is 0.195 e. The van der Waals surface area contributed by atoms with Crippen molar-refractivity contribution in [2.24, 2.45) is 5.73 Å². The predicted molar refractivity (Wildman–Crippen MR) is 61.9 cm³/mol. The minimum absolute atomic E-state index is 0.532. The molecular weight excluding hydrogens is 263 g/mol. The number of halogens is 3. The van der Waals surface area contributed by atoms with Crippen molar-refractivity contribution in [2.75, 3.05) is 0 Å². The maximum atomic E-state index is 13.4. The normalized spacial score (nSPS) is 12.4. The Hall–Kier alpha value is -1.66. The van der Waals surface area contributed by atoms with Crippen molar-refractivity contribution < 1.29 is 18.0 Å². The first-order valence-corrected chi connectivity index (χ1v) is 5.87. The maximum absolute atomic E-state index is 13.4. The highest BCUT2D eigenvalue weighted by Crippen LogP contribution is 2.23. The molecule has 1 heterocycles. The summed E-state index contributed by atoms with van der Waals surface area (Å²) in [6.45, 7) is 0. The molecule has 6 heteroatoms. The SMILES string of the molecule is NC(C(=O)c1ccc(F)c(F)c1F)c1cccs1. The van der Waals surface area contributed by atoms with Crippen LogP contribution in [0.5, 0.6) is 0 Å². The van der Waals surface area contributed by atoms with E-state index < -0.39 is 34.8 Å². The molecule has 0 aliphatic heterocycles. The summed E-state index contributed by atoms with van der Waals surface area (Å²) in [5.74, 6) is -5.30. The second-order valence-corrected chi connectivity index (χ2v) is 4.56. The number of rotatable bonds is 3. The monoisotopic (exact) mass is 271 g/mol. The first-order valence-electron chi connectivity index (χ1n) is 4.99. The number of carbonyl (C=O) groups is 1. The van der Waals surface area contributed by atoms with E-state index in [9.17, 15) is 18.0 Å². The minimum atomic E-state index is -1.67. The Labute approximate surface area is 105 Å². The summed E-state index contributed by atoms with van der Waals surface area (Å²) in [4.78, 5) is 12.4. The van der Waals surface area contributed by atoms with E-state index in [4.69, 9.17) is 5.73 Å². The Bertz CT molecular complexity index is 583. The van der Waals surface area contributed by atoms with E-state index >= 15 is 0 Å². The molecule has 1 aromatic carbocycles. The van der Waals surface area contributed by atoms with Gasteiger partial charge in [0.05, 0.1) is 5.56 Å². The zero-order valence-corrected chi connectivity index (χ0v) is 9.81. The molecule has 0 radical (unpaired) electrons. The van der Waals surface area contributed by atoms with Gasteiger partial charge in [0.15, 0.2) is 23.2 Å². The van der Waals surface area contributed by atoms with Crippen molar-refractivity contribution in [1.82, 2.24) is 0 Å². The maximum Gasteiger partial charge on any atom is 0.195 e. The zero-order valence-electron chi connectivity index (χ0n) is 8.99. The molecule has 2 nitrogen and oxygen atoms in total. The highest BCUT2D eigenvalue weighted by Gasteiger charge is 2.24. The molecule has 2 rings (SSSR count). The number of hydrogen-bond acceptors (Lipinski definition) is 3. The van der Waals surface area contributed by atoms with Gasteiger partial charge in [-0.25, -0.2) is 13.2 Å². The van der Waals surface area contributed by atoms with Crippen molar-refractivity contribution in [2.45, 2.75) is 6.04 Å². The van der Waals surface area contributed by atoms with Gasteiger partial charge in [-0.05, 0) is 23.6 Å². The van der Waals surface area contributed by atoms with E-state index in [2.05, 4.69) is 0 Å². The molecule has 1 atom stereocenters. The van der Waals surface area contributed by atoms with E-state index in [1.807, 2.05) is 0 Å². The molecular formula is C12H8F3NOS. The minimum Gasteiger partial charge on any atom is -0.317 e. The van der Waals surface area contributed by atoms with Crippen LogP contribution in [0.15, 0.2) is 29.6 Å². The largest absolute Gasteiger partial charge is 0.317 e.